The largest absolute Gasteiger partial charge is 0.390 e. The van der Waals surface area contributed by atoms with Crippen molar-refractivity contribution < 1.29 is 40.5 Å². The minimum absolute atomic E-state index is 0.0437. The molecular formula is C27H44O8. The van der Waals surface area contributed by atoms with Crippen LogP contribution in [0.4, 0.5) is 0 Å². The molecule has 0 aromatic rings. The highest BCUT2D eigenvalue weighted by Crippen LogP contribution is 2.69. The van der Waals surface area contributed by atoms with Gasteiger partial charge in [-0.15, -0.1) is 0 Å². The maximum absolute atomic E-state index is 13.3. The molecule has 8 nitrogen and oxygen atoms in total. The molecule has 0 heterocycles. The zero-order chi connectivity index (χ0) is 26.4. The average molecular weight is 497 g/mol. The van der Waals surface area contributed by atoms with Crippen LogP contribution in [0.1, 0.15) is 86.0 Å². The van der Waals surface area contributed by atoms with Crippen LogP contribution in [0.3, 0.4) is 0 Å². The predicted molar refractivity (Wildman–Crippen MR) is 128 cm³/mol. The number of allylic oxidation sites excluding steroid dienone is 1. The van der Waals surface area contributed by atoms with E-state index in [2.05, 4.69) is 0 Å². The van der Waals surface area contributed by atoms with Crippen molar-refractivity contribution in [2.24, 2.45) is 22.7 Å². The monoisotopic (exact) mass is 496 g/mol. The van der Waals surface area contributed by atoms with Gasteiger partial charge in [0.25, 0.3) is 0 Å². The van der Waals surface area contributed by atoms with Crippen molar-refractivity contribution in [3.63, 3.8) is 0 Å². The highest BCUT2D eigenvalue weighted by atomic mass is 16.3. The lowest BCUT2D eigenvalue weighted by Crippen LogP contribution is -2.70. The molecule has 4 aliphatic carbocycles. The summed E-state index contributed by atoms with van der Waals surface area (Å²) in [6.45, 7) is 8.50. The first-order chi connectivity index (χ1) is 15.8. The SMILES string of the molecule is CC(C)(O)CC[C@H](O)[C@](C)(O)[C@H]1CC[C@@]2(O)C3=CC(=O)[C@@H]4C[C@@H](O)[C@@H](O)C[C@]4(C)[C@]3(O)CC[C@]12C. The van der Waals surface area contributed by atoms with Crippen molar-refractivity contribution >= 4 is 5.78 Å². The van der Waals surface area contributed by atoms with Gasteiger partial charge < -0.3 is 35.7 Å². The van der Waals surface area contributed by atoms with Crippen molar-refractivity contribution in [2.45, 2.75) is 127 Å². The molecule has 4 aliphatic rings. The number of hydrogen-bond donors (Lipinski definition) is 7. The van der Waals surface area contributed by atoms with E-state index in [4.69, 9.17) is 0 Å². The van der Waals surface area contributed by atoms with Crippen molar-refractivity contribution in [3.05, 3.63) is 11.6 Å². The Balaban J connectivity index is 1.71. The Hall–Kier alpha value is -0.870. The van der Waals surface area contributed by atoms with E-state index in [1.807, 2.05) is 6.92 Å². The lowest BCUT2D eigenvalue weighted by molar-refractivity contribution is -0.216. The number of aliphatic hydroxyl groups excluding tert-OH is 3. The number of fused-ring (bicyclic) bond motifs is 5. The Kier molecular flexibility index (Phi) is 6.26. The molecule has 0 spiro atoms. The summed E-state index contributed by atoms with van der Waals surface area (Å²) in [5, 5.41) is 77.6. The lowest BCUT2D eigenvalue weighted by atomic mass is 9.43. The fraction of sp³-hybridized carbons (Fsp3) is 0.889. The molecular weight excluding hydrogens is 452 g/mol. The zero-order valence-electron chi connectivity index (χ0n) is 21.7. The molecule has 0 aromatic carbocycles. The van der Waals surface area contributed by atoms with E-state index in [-0.39, 0.29) is 43.5 Å². The molecule has 0 saturated heterocycles. The number of hydrogen-bond acceptors (Lipinski definition) is 8. The first-order valence-corrected chi connectivity index (χ1v) is 13.0. The number of rotatable bonds is 5. The van der Waals surface area contributed by atoms with Crippen LogP contribution in [-0.2, 0) is 4.79 Å². The Bertz CT molecular complexity index is 907. The van der Waals surface area contributed by atoms with E-state index < -0.39 is 63.4 Å². The van der Waals surface area contributed by atoms with Gasteiger partial charge in [0, 0.05) is 16.7 Å². The van der Waals surface area contributed by atoms with Crippen LogP contribution in [0.25, 0.3) is 0 Å². The minimum atomic E-state index is -1.57. The van der Waals surface area contributed by atoms with Gasteiger partial charge in [-0.25, -0.2) is 0 Å². The fourth-order valence-corrected chi connectivity index (χ4v) is 8.27. The van der Waals surface area contributed by atoms with Gasteiger partial charge in [-0.3, -0.25) is 4.79 Å². The molecule has 0 bridgehead atoms. The summed E-state index contributed by atoms with van der Waals surface area (Å²) in [4.78, 5) is 13.3. The predicted octanol–water partition coefficient (Wildman–Crippen LogP) is 0.969. The summed E-state index contributed by atoms with van der Waals surface area (Å²) in [7, 11) is 0. The normalized spacial score (nSPS) is 48.3. The van der Waals surface area contributed by atoms with E-state index in [0.29, 0.717) is 19.3 Å². The third-order valence-electron chi connectivity index (χ3n) is 10.7. The standard InChI is InChI=1S/C27H44O8/c1-22(2,32)8-7-21(31)25(5,33)19-6-9-26(34)20-13-16(28)15-12-17(29)18(30)14-24(15,4)27(20,35)11-10-23(19,26)3/h13,15,17-19,21,29-35H,6-12,14H2,1-5H3/t15-,17+,18-,19-,21-,23+,24-,25+,26+,27-/m0/s1. The average Bonchev–Trinajstić information content (AvgIpc) is 3.02. The lowest BCUT2D eigenvalue weighted by Gasteiger charge is -2.64. The summed E-state index contributed by atoms with van der Waals surface area (Å²) < 4.78 is 0. The van der Waals surface area contributed by atoms with E-state index in [1.54, 1.807) is 27.7 Å². The summed E-state index contributed by atoms with van der Waals surface area (Å²) in [6.07, 6.45) is -0.101. The van der Waals surface area contributed by atoms with Crippen LogP contribution in [0.5, 0.6) is 0 Å². The van der Waals surface area contributed by atoms with Gasteiger partial charge in [-0.1, -0.05) is 13.8 Å². The van der Waals surface area contributed by atoms with Gasteiger partial charge in [-0.2, -0.15) is 0 Å². The highest BCUT2D eigenvalue weighted by molar-refractivity contribution is 5.95. The molecule has 7 N–H and O–H groups in total. The Morgan fingerprint density at radius 1 is 1.00 bits per heavy atom. The first-order valence-electron chi connectivity index (χ1n) is 13.0. The molecule has 3 fully saturated rings. The number of carbonyl (C=O) groups excluding carboxylic acids is 1. The molecule has 8 heteroatoms. The van der Waals surface area contributed by atoms with Crippen molar-refractivity contribution in [1.82, 2.24) is 0 Å². The van der Waals surface area contributed by atoms with Gasteiger partial charge in [0.1, 0.15) is 0 Å². The minimum Gasteiger partial charge on any atom is -0.390 e. The molecule has 0 radical (unpaired) electrons. The summed E-state index contributed by atoms with van der Waals surface area (Å²) in [5.41, 5.74) is -7.38. The van der Waals surface area contributed by atoms with Crippen LogP contribution in [0, 0.1) is 22.7 Å². The Morgan fingerprint density at radius 2 is 1.60 bits per heavy atom. The smallest absolute Gasteiger partial charge is 0.159 e. The summed E-state index contributed by atoms with van der Waals surface area (Å²) in [6, 6.07) is 0. The quantitative estimate of drug-likeness (QED) is 0.297. The van der Waals surface area contributed by atoms with Gasteiger partial charge in [0.2, 0.25) is 0 Å². The number of aliphatic hydroxyl groups is 7. The van der Waals surface area contributed by atoms with Gasteiger partial charge in [0.05, 0.1) is 40.7 Å². The van der Waals surface area contributed by atoms with Crippen LogP contribution < -0.4 is 0 Å². The van der Waals surface area contributed by atoms with Gasteiger partial charge in [0.15, 0.2) is 5.78 Å². The van der Waals surface area contributed by atoms with Crippen LogP contribution >= 0.6 is 0 Å². The summed E-state index contributed by atoms with van der Waals surface area (Å²) >= 11 is 0. The third-order valence-corrected chi connectivity index (χ3v) is 10.7. The second-order valence-corrected chi connectivity index (χ2v) is 13.3. The van der Waals surface area contributed by atoms with E-state index in [0.717, 1.165) is 0 Å². The molecule has 0 aromatic heterocycles. The van der Waals surface area contributed by atoms with E-state index in [9.17, 15) is 40.5 Å². The molecule has 3 saturated carbocycles. The molecule has 200 valence electrons. The van der Waals surface area contributed by atoms with E-state index >= 15 is 0 Å². The van der Waals surface area contributed by atoms with Crippen molar-refractivity contribution in [2.75, 3.05) is 0 Å². The Labute approximate surface area is 207 Å². The second kappa shape index (κ2) is 8.06. The number of carbonyl (C=O) groups is 1. The Morgan fingerprint density at radius 3 is 2.20 bits per heavy atom. The van der Waals surface area contributed by atoms with Crippen molar-refractivity contribution in [3.8, 4) is 0 Å². The first kappa shape index (κ1) is 27.2. The zero-order valence-corrected chi connectivity index (χ0v) is 21.7. The fourth-order valence-electron chi connectivity index (χ4n) is 8.27. The van der Waals surface area contributed by atoms with Crippen LogP contribution in [-0.4, -0.2) is 82.2 Å². The van der Waals surface area contributed by atoms with Crippen molar-refractivity contribution in [1.29, 1.82) is 0 Å². The van der Waals surface area contributed by atoms with E-state index in [1.165, 1.54) is 6.08 Å². The van der Waals surface area contributed by atoms with Crippen LogP contribution in [0.15, 0.2) is 11.6 Å². The topological polar surface area (TPSA) is 159 Å². The maximum Gasteiger partial charge on any atom is 0.159 e. The molecule has 0 unspecified atom stereocenters. The third kappa shape index (κ3) is 3.70. The second-order valence-electron chi connectivity index (χ2n) is 13.3. The van der Waals surface area contributed by atoms with Gasteiger partial charge in [-0.05, 0) is 89.7 Å². The molecule has 35 heavy (non-hydrogen) atoms. The van der Waals surface area contributed by atoms with Gasteiger partial charge >= 0.3 is 0 Å². The van der Waals surface area contributed by atoms with Crippen LogP contribution in [0.2, 0.25) is 0 Å². The molecule has 4 rings (SSSR count). The number of ketones is 1. The molecule has 0 aliphatic heterocycles. The maximum atomic E-state index is 13.3. The highest BCUT2D eigenvalue weighted by Gasteiger charge is 2.73. The molecule has 0 amide bonds. The summed E-state index contributed by atoms with van der Waals surface area (Å²) in [5.74, 6) is -1.44. The molecule has 10 atom stereocenters.